The zero-order valence-electron chi connectivity index (χ0n) is 12.6. The van der Waals surface area contributed by atoms with Crippen LogP contribution in [0.1, 0.15) is 41.0 Å². The van der Waals surface area contributed by atoms with E-state index in [1.165, 1.54) is 0 Å². The van der Waals surface area contributed by atoms with Gasteiger partial charge in [-0.15, -0.1) is 0 Å². The molecule has 0 spiro atoms. The van der Waals surface area contributed by atoms with E-state index in [9.17, 15) is 14.4 Å². The van der Waals surface area contributed by atoms with Crippen LogP contribution in [0.25, 0.3) is 0 Å². The average molecular weight is 289 g/mol. The number of carbonyl (C=O) groups excluding carboxylic acids is 3. The van der Waals surface area contributed by atoms with Crippen LogP contribution in [-0.2, 0) is 19.0 Å². The lowest BCUT2D eigenvalue weighted by Crippen LogP contribution is -2.34. The summed E-state index contributed by atoms with van der Waals surface area (Å²) in [6.45, 7) is 9.11. The second kappa shape index (κ2) is 8.39. The molecule has 0 bridgehead atoms. The third-order valence-corrected chi connectivity index (χ3v) is 1.73. The molecule has 0 unspecified atom stereocenters. The van der Waals surface area contributed by atoms with Crippen LogP contribution in [0.3, 0.4) is 0 Å². The van der Waals surface area contributed by atoms with Crippen LogP contribution in [0.5, 0.6) is 0 Å². The smallest absolute Gasteiger partial charge is 0.444 e. The van der Waals surface area contributed by atoms with Crippen molar-refractivity contribution in [3.8, 4) is 0 Å². The van der Waals surface area contributed by atoms with E-state index in [1.807, 2.05) is 13.8 Å². The number of hydrogen-bond acceptors (Lipinski definition) is 6. The van der Waals surface area contributed by atoms with Crippen molar-refractivity contribution in [1.82, 2.24) is 5.32 Å². The minimum absolute atomic E-state index is 0.0191. The highest BCUT2D eigenvalue weighted by molar-refractivity contribution is 5.82. The van der Waals surface area contributed by atoms with Crippen molar-refractivity contribution in [2.45, 2.75) is 46.6 Å². The molecule has 1 N–H and O–H groups in total. The number of amides is 1. The van der Waals surface area contributed by atoms with Crippen molar-refractivity contribution in [3.63, 3.8) is 0 Å². The van der Waals surface area contributed by atoms with Crippen molar-refractivity contribution in [2.75, 3.05) is 13.2 Å². The Morgan fingerprint density at radius 1 is 1.15 bits per heavy atom. The largest absolute Gasteiger partial charge is 0.516 e. The Morgan fingerprint density at radius 2 is 1.75 bits per heavy atom. The maximum Gasteiger partial charge on any atom is 0.516 e. The molecular formula is C13H23NO6. The van der Waals surface area contributed by atoms with Gasteiger partial charge in [0.15, 0.2) is 0 Å². The normalized spacial score (nSPS) is 10.9. The molecule has 0 saturated carbocycles. The molecule has 7 nitrogen and oxygen atoms in total. The summed E-state index contributed by atoms with van der Waals surface area (Å²) >= 11 is 0. The molecule has 20 heavy (non-hydrogen) atoms. The topological polar surface area (TPSA) is 90.9 Å². The fourth-order valence-corrected chi connectivity index (χ4v) is 0.989. The summed E-state index contributed by atoms with van der Waals surface area (Å²) in [6, 6.07) is 0. The first-order valence-corrected chi connectivity index (χ1v) is 6.44. The monoisotopic (exact) mass is 289 g/mol. The summed E-state index contributed by atoms with van der Waals surface area (Å²) in [5.74, 6) is -0.610. The first kappa shape index (κ1) is 18.2. The van der Waals surface area contributed by atoms with Crippen LogP contribution < -0.4 is 5.32 Å². The summed E-state index contributed by atoms with van der Waals surface area (Å²) < 4.78 is 14.0. The Bertz CT molecular complexity index is 345. The minimum Gasteiger partial charge on any atom is -0.444 e. The maximum atomic E-state index is 11.3. The van der Waals surface area contributed by atoms with E-state index in [1.54, 1.807) is 20.8 Å². The summed E-state index contributed by atoms with van der Waals surface area (Å²) in [6.07, 6.45) is -1.80. The van der Waals surface area contributed by atoms with Crippen molar-refractivity contribution in [2.24, 2.45) is 5.92 Å². The maximum absolute atomic E-state index is 11.3. The summed E-state index contributed by atoms with van der Waals surface area (Å²) in [5.41, 5.74) is -0.606. The quantitative estimate of drug-likeness (QED) is 0.616. The van der Waals surface area contributed by atoms with E-state index >= 15 is 0 Å². The van der Waals surface area contributed by atoms with Gasteiger partial charge in [-0.2, -0.15) is 0 Å². The standard InChI is InChI=1S/C13H23NO6/c1-9(2)8-18-12(17)19-10(15)6-7-14-11(16)20-13(3,4)5/h9H,6-8H2,1-5H3,(H,14,16). The molecule has 0 aromatic carbocycles. The molecule has 0 aliphatic carbocycles. The van der Waals surface area contributed by atoms with Gasteiger partial charge in [-0.1, -0.05) is 13.8 Å². The first-order valence-electron chi connectivity index (χ1n) is 6.44. The van der Waals surface area contributed by atoms with Crippen molar-refractivity contribution >= 4 is 18.2 Å². The number of esters is 1. The lowest BCUT2D eigenvalue weighted by molar-refractivity contribution is -0.139. The molecule has 0 aromatic heterocycles. The Labute approximate surface area is 118 Å². The molecule has 0 saturated heterocycles. The van der Waals surface area contributed by atoms with E-state index in [2.05, 4.69) is 14.8 Å². The van der Waals surface area contributed by atoms with E-state index in [0.29, 0.717) is 0 Å². The number of ether oxygens (including phenoxy) is 3. The molecule has 7 heteroatoms. The Balaban J connectivity index is 3.78. The molecule has 0 aromatic rings. The summed E-state index contributed by atoms with van der Waals surface area (Å²) in [7, 11) is 0. The van der Waals surface area contributed by atoms with Crippen molar-refractivity contribution in [1.29, 1.82) is 0 Å². The van der Waals surface area contributed by atoms with E-state index in [0.717, 1.165) is 0 Å². The molecule has 0 aliphatic rings. The first-order chi connectivity index (χ1) is 9.10. The molecule has 0 rings (SSSR count). The van der Waals surface area contributed by atoms with Crippen LogP contribution >= 0.6 is 0 Å². The van der Waals surface area contributed by atoms with Gasteiger partial charge in [-0.25, -0.2) is 9.59 Å². The van der Waals surface area contributed by atoms with Gasteiger partial charge in [0.1, 0.15) is 5.60 Å². The van der Waals surface area contributed by atoms with Crippen molar-refractivity contribution in [3.05, 3.63) is 0 Å². The second-order valence-electron chi connectivity index (χ2n) is 5.61. The Kier molecular flexibility index (Phi) is 7.64. The molecule has 0 heterocycles. The average Bonchev–Trinajstić information content (AvgIpc) is 2.23. The number of hydrogen-bond donors (Lipinski definition) is 1. The molecule has 0 fully saturated rings. The van der Waals surface area contributed by atoms with Gasteiger partial charge in [-0.3, -0.25) is 4.79 Å². The van der Waals surface area contributed by atoms with E-state index in [4.69, 9.17) is 4.74 Å². The minimum atomic E-state index is -1.03. The van der Waals surface area contributed by atoms with Crippen LogP contribution in [0, 0.1) is 5.92 Å². The van der Waals surface area contributed by atoms with Gasteiger partial charge in [-0.05, 0) is 26.7 Å². The zero-order chi connectivity index (χ0) is 15.8. The molecule has 1 amide bonds. The van der Waals surface area contributed by atoms with Gasteiger partial charge in [0.2, 0.25) is 0 Å². The van der Waals surface area contributed by atoms with Crippen LogP contribution in [-0.4, -0.2) is 37.0 Å². The molecule has 0 atom stereocenters. The highest BCUT2D eigenvalue weighted by atomic mass is 16.7. The van der Waals surface area contributed by atoms with E-state index < -0.39 is 23.8 Å². The molecule has 0 aliphatic heterocycles. The van der Waals surface area contributed by atoms with Gasteiger partial charge in [0, 0.05) is 6.54 Å². The van der Waals surface area contributed by atoms with Crippen LogP contribution in [0.4, 0.5) is 9.59 Å². The fourth-order valence-electron chi connectivity index (χ4n) is 0.989. The Hall–Kier alpha value is -1.79. The molecule has 0 radical (unpaired) electrons. The number of carbonyl (C=O) groups is 3. The van der Waals surface area contributed by atoms with Gasteiger partial charge in [0.05, 0.1) is 13.0 Å². The predicted octanol–water partition coefficient (Wildman–Crippen LogP) is 2.24. The third kappa shape index (κ3) is 11.3. The zero-order valence-corrected chi connectivity index (χ0v) is 12.6. The SMILES string of the molecule is CC(C)COC(=O)OC(=O)CCNC(=O)OC(C)(C)C. The summed E-state index contributed by atoms with van der Waals surface area (Å²) in [5, 5.41) is 2.38. The van der Waals surface area contributed by atoms with Crippen molar-refractivity contribution < 1.29 is 28.6 Å². The number of alkyl carbamates (subject to hydrolysis) is 1. The number of rotatable bonds is 5. The number of nitrogens with one attached hydrogen (secondary N) is 1. The highest BCUT2D eigenvalue weighted by Crippen LogP contribution is 2.06. The third-order valence-electron chi connectivity index (χ3n) is 1.73. The molecular weight excluding hydrogens is 266 g/mol. The lowest BCUT2D eigenvalue weighted by atomic mass is 10.2. The van der Waals surface area contributed by atoms with Gasteiger partial charge >= 0.3 is 18.2 Å². The predicted molar refractivity (Wildman–Crippen MR) is 71.1 cm³/mol. The lowest BCUT2D eigenvalue weighted by Gasteiger charge is -2.19. The molecule has 116 valence electrons. The van der Waals surface area contributed by atoms with Crippen LogP contribution in [0.15, 0.2) is 0 Å². The highest BCUT2D eigenvalue weighted by Gasteiger charge is 2.17. The Morgan fingerprint density at radius 3 is 2.25 bits per heavy atom. The fraction of sp³-hybridized carbons (Fsp3) is 0.769. The van der Waals surface area contributed by atoms with Gasteiger partial charge in [0.25, 0.3) is 0 Å². The van der Waals surface area contributed by atoms with E-state index in [-0.39, 0.29) is 25.5 Å². The van der Waals surface area contributed by atoms with Crippen LogP contribution in [0.2, 0.25) is 0 Å². The summed E-state index contributed by atoms with van der Waals surface area (Å²) in [4.78, 5) is 33.6. The second-order valence-corrected chi connectivity index (χ2v) is 5.61. The van der Waals surface area contributed by atoms with Gasteiger partial charge < -0.3 is 19.5 Å².